The van der Waals surface area contributed by atoms with E-state index in [-0.39, 0.29) is 0 Å². The average molecular weight is 102 g/mol. The first-order chi connectivity index (χ1) is 2.89. The van der Waals surface area contributed by atoms with Gasteiger partial charge in [0.1, 0.15) is 0 Å². The van der Waals surface area contributed by atoms with Crippen LogP contribution in [0, 0.1) is 0 Å². The molecule has 1 saturated heterocycles. The molecule has 0 N–H and O–H groups in total. The van der Waals surface area contributed by atoms with Gasteiger partial charge in [0.25, 0.3) is 6.13 Å². The first kappa shape index (κ1) is 4.51. The second-order valence-electron chi connectivity index (χ2n) is 1.88. The van der Waals surface area contributed by atoms with Gasteiger partial charge in [0.15, 0.2) is 0 Å². The Morgan fingerprint density at radius 2 is 1.67 bits per heavy atom. The third kappa shape index (κ3) is 0.906. The third-order valence-corrected chi connectivity index (χ3v) is 1.72. The van der Waals surface area contributed by atoms with Crippen molar-refractivity contribution in [3.8, 4) is 0 Å². The van der Waals surface area contributed by atoms with Gasteiger partial charge in [-0.2, -0.15) is 11.5 Å². The van der Waals surface area contributed by atoms with Crippen molar-refractivity contribution in [1.29, 1.82) is 0 Å². The first-order valence-corrected chi connectivity index (χ1v) is 2.97. The van der Waals surface area contributed by atoms with Gasteiger partial charge in [-0.05, 0) is 0 Å². The summed E-state index contributed by atoms with van der Waals surface area (Å²) in [7, 11) is 0. The summed E-state index contributed by atoms with van der Waals surface area (Å²) in [5.74, 6) is 0. The van der Waals surface area contributed by atoms with Crippen LogP contribution in [-0.4, -0.2) is 6.13 Å². The van der Waals surface area contributed by atoms with Crippen LogP contribution in [0.25, 0.3) is 0 Å². The SMILES string of the molecule is ClB1CCCC1. The Balaban J connectivity index is 2.18. The lowest BCUT2D eigenvalue weighted by atomic mass is 9.75. The molecule has 0 amide bonds. The van der Waals surface area contributed by atoms with Crippen LogP contribution in [0.2, 0.25) is 12.6 Å². The van der Waals surface area contributed by atoms with Crippen molar-refractivity contribution in [2.24, 2.45) is 0 Å². The number of hydrogen-bond acceptors (Lipinski definition) is 0. The van der Waals surface area contributed by atoms with Crippen LogP contribution in [0.4, 0.5) is 0 Å². The standard InChI is InChI=1S/C4H8BCl/c6-5-3-1-2-4-5/h1-4H2. The Labute approximate surface area is 43.9 Å². The molecule has 0 bridgehead atoms. The van der Waals surface area contributed by atoms with Crippen molar-refractivity contribution in [3.63, 3.8) is 0 Å². The molecule has 0 nitrogen and oxygen atoms in total. The van der Waals surface area contributed by atoms with Crippen molar-refractivity contribution >= 4 is 17.6 Å². The minimum absolute atomic E-state index is 0.519. The van der Waals surface area contributed by atoms with Crippen LogP contribution in [0.15, 0.2) is 0 Å². The summed E-state index contributed by atoms with van der Waals surface area (Å²) in [4.78, 5) is 0. The zero-order valence-electron chi connectivity index (χ0n) is 3.78. The second-order valence-corrected chi connectivity index (χ2v) is 2.50. The highest BCUT2D eigenvalue weighted by Crippen LogP contribution is 2.20. The van der Waals surface area contributed by atoms with Crippen LogP contribution in [0.1, 0.15) is 12.8 Å². The zero-order chi connectivity index (χ0) is 4.41. The molecule has 0 radical (unpaired) electrons. The van der Waals surface area contributed by atoms with Crippen molar-refractivity contribution in [3.05, 3.63) is 0 Å². The number of halogens is 1. The fourth-order valence-corrected chi connectivity index (χ4v) is 1.18. The van der Waals surface area contributed by atoms with Crippen molar-refractivity contribution in [2.45, 2.75) is 25.5 Å². The van der Waals surface area contributed by atoms with E-state index in [1.165, 1.54) is 25.5 Å². The molecule has 0 aromatic rings. The summed E-state index contributed by atoms with van der Waals surface area (Å²) < 4.78 is 0. The summed E-state index contributed by atoms with van der Waals surface area (Å²) in [5, 5.41) is 0. The Hall–Kier alpha value is 0.355. The molecule has 1 aliphatic heterocycles. The maximum atomic E-state index is 5.71. The Morgan fingerprint density at radius 1 is 1.17 bits per heavy atom. The normalized spacial score (nSPS) is 22.5. The van der Waals surface area contributed by atoms with Gasteiger partial charge in [0, 0.05) is 0 Å². The lowest BCUT2D eigenvalue weighted by Gasteiger charge is -1.81. The predicted molar refractivity (Wildman–Crippen MR) is 30.5 cm³/mol. The van der Waals surface area contributed by atoms with Crippen molar-refractivity contribution in [2.75, 3.05) is 0 Å². The molecule has 0 saturated carbocycles. The Morgan fingerprint density at radius 3 is 1.83 bits per heavy atom. The molecule has 1 rings (SSSR count). The van der Waals surface area contributed by atoms with E-state index in [0.717, 1.165) is 0 Å². The summed E-state index contributed by atoms with van der Waals surface area (Å²) in [5.41, 5.74) is 0. The predicted octanol–water partition coefficient (Wildman–Crippen LogP) is 2.01. The Bertz CT molecular complexity index is 40.8. The maximum absolute atomic E-state index is 5.71. The third-order valence-electron chi connectivity index (χ3n) is 1.28. The molecule has 0 aromatic carbocycles. The lowest BCUT2D eigenvalue weighted by molar-refractivity contribution is 0.935. The molecular weight excluding hydrogens is 94.3 g/mol. The fraction of sp³-hybridized carbons (Fsp3) is 1.00. The largest absolute Gasteiger partial charge is 0.250 e. The molecular formula is C4H8BCl. The molecule has 1 aliphatic rings. The highest BCUT2D eigenvalue weighted by atomic mass is 35.5. The highest BCUT2D eigenvalue weighted by Gasteiger charge is 2.14. The van der Waals surface area contributed by atoms with E-state index in [4.69, 9.17) is 11.5 Å². The van der Waals surface area contributed by atoms with Gasteiger partial charge in [-0.15, -0.1) is 0 Å². The van der Waals surface area contributed by atoms with Gasteiger partial charge < -0.3 is 0 Å². The maximum Gasteiger partial charge on any atom is 0.250 e. The highest BCUT2D eigenvalue weighted by molar-refractivity contribution is 7.07. The van der Waals surface area contributed by atoms with Gasteiger partial charge in [0.05, 0.1) is 0 Å². The molecule has 0 unspecified atom stereocenters. The van der Waals surface area contributed by atoms with E-state index in [9.17, 15) is 0 Å². The minimum Gasteiger partial charge on any atom is -0.196 e. The van der Waals surface area contributed by atoms with Crippen LogP contribution in [-0.2, 0) is 0 Å². The van der Waals surface area contributed by atoms with E-state index < -0.39 is 0 Å². The van der Waals surface area contributed by atoms with E-state index in [0.29, 0.717) is 6.13 Å². The quantitative estimate of drug-likeness (QED) is 0.411. The monoisotopic (exact) mass is 102 g/mol. The molecule has 2 heteroatoms. The van der Waals surface area contributed by atoms with E-state index in [2.05, 4.69) is 0 Å². The summed E-state index contributed by atoms with van der Waals surface area (Å²) in [6.07, 6.45) is 5.73. The van der Waals surface area contributed by atoms with Gasteiger partial charge in [-0.3, -0.25) is 0 Å². The molecule has 6 heavy (non-hydrogen) atoms. The zero-order valence-corrected chi connectivity index (χ0v) is 4.54. The number of hydrogen-bond donors (Lipinski definition) is 0. The minimum atomic E-state index is 0.519. The molecule has 0 aromatic heterocycles. The van der Waals surface area contributed by atoms with E-state index in [1.54, 1.807) is 0 Å². The van der Waals surface area contributed by atoms with Crippen LogP contribution >= 0.6 is 11.5 Å². The molecule has 1 fully saturated rings. The van der Waals surface area contributed by atoms with Crippen LogP contribution in [0.3, 0.4) is 0 Å². The lowest BCUT2D eigenvalue weighted by Crippen LogP contribution is -1.89. The van der Waals surface area contributed by atoms with Crippen LogP contribution in [0.5, 0.6) is 0 Å². The molecule has 0 aliphatic carbocycles. The van der Waals surface area contributed by atoms with E-state index >= 15 is 0 Å². The van der Waals surface area contributed by atoms with E-state index in [1.807, 2.05) is 0 Å². The van der Waals surface area contributed by atoms with Crippen molar-refractivity contribution < 1.29 is 0 Å². The average Bonchev–Trinajstić information content (AvgIpc) is 1.86. The van der Waals surface area contributed by atoms with Gasteiger partial charge in [-0.1, -0.05) is 25.5 Å². The molecule has 1 heterocycles. The number of rotatable bonds is 0. The first-order valence-electron chi connectivity index (χ1n) is 2.53. The summed E-state index contributed by atoms with van der Waals surface area (Å²) in [6.45, 7) is 0. The van der Waals surface area contributed by atoms with Gasteiger partial charge >= 0.3 is 0 Å². The summed E-state index contributed by atoms with van der Waals surface area (Å²) >= 11 is 5.71. The molecule has 34 valence electrons. The Kier molecular flexibility index (Phi) is 1.41. The fourth-order valence-electron chi connectivity index (χ4n) is 0.876. The van der Waals surface area contributed by atoms with Crippen molar-refractivity contribution in [1.82, 2.24) is 0 Å². The van der Waals surface area contributed by atoms with Gasteiger partial charge in [-0.25, -0.2) is 0 Å². The molecule has 0 spiro atoms. The topological polar surface area (TPSA) is 0 Å². The summed E-state index contributed by atoms with van der Waals surface area (Å²) in [6, 6.07) is 0. The second kappa shape index (κ2) is 1.88. The smallest absolute Gasteiger partial charge is 0.196 e. The molecule has 0 atom stereocenters. The van der Waals surface area contributed by atoms with Crippen LogP contribution < -0.4 is 0 Å². The van der Waals surface area contributed by atoms with Gasteiger partial charge in [0.2, 0.25) is 0 Å².